The van der Waals surface area contributed by atoms with Gasteiger partial charge in [-0.15, -0.1) is 0 Å². The second-order valence-electron chi connectivity index (χ2n) is 5.32. The van der Waals surface area contributed by atoms with E-state index in [1.54, 1.807) is 0 Å². The molecule has 0 amide bonds. The Kier molecular flexibility index (Phi) is 6.91. The lowest BCUT2D eigenvalue weighted by molar-refractivity contribution is 0.300. The summed E-state index contributed by atoms with van der Waals surface area (Å²) < 4.78 is 0. The van der Waals surface area contributed by atoms with E-state index in [1.165, 1.54) is 6.42 Å². The van der Waals surface area contributed by atoms with Crippen LogP contribution in [0.4, 0.5) is 0 Å². The molecule has 0 unspecified atom stereocenters. The fraction of sp³-hybridized carbons (Fsp3) is 0.667. The molecule has 0 aliphatic carbocycles. The normalized spacial score (nSPS) is 11.4. The summed E-state index contributed by atoms with van der Waals surface area (Å²) in [6.07, 6.45) is 1.24. The topological polar surface area (TPSA) is 28.2 Å². The van der Waals surface area contributed by atoms with Crippen LogP contribution in [0, 0.1) is 5.92 Å². The minimum Gasteiger partial charge on any atom is -0.311 e. The molecule has 102 valence electrons. The Morgan fingerprint density at radius 3 is 2.67 bits per heavy atom. The quantitative estimate of drug-likeness (QED) is 0.768. The third kappa shape index (κ3) is 6.12. The summed E-state index contributed by atoms with van der Waals surface area (Å²) in [5.74, 6) is 0.764. The first-order valence-electron chi connectivity index (χ1n) is 6.96. The van der Waals surface area contributed by atoms with Crippen LogP contribution in [0.15, 0.2) is 18.2 Å². The van der Waals surface area contributed by atoms with Crippen LogP contribution in [0.25, 0.3) is 0 Å². The van der Waals surface area contributed by atoms with Gasteiger partial charge in [-0.25, -0.2) is 0 Å². The summed E-state index contributed by atoms with van der Waals surface area (Å²) in [7, 11) is 2.17. The molecule has 18 heavy (non-hydrogen) atoms. The monoisotopic (exact) mass is 249 g/mol. The summed E-state index contributed by atoms with van der Waals surface area (Å²) in [6.45, 7) is 10.6. The van der Waals surface area contributed by atoms with E-state index in [1.807, 2.05) is 0 Å². The smallest absolute Gasteiger partial charge is 0.0547 e. The Balaban J connectivity index is 2.45. The van der Waals surface area contributed by atoms with Gasteiger partial charge in [-0.1, -0.05) is 26.8 Å². The first-order valence-corrected chi connectivity index (χ1v) is 6.96. The van der Waals surface area contributed by atoms with Gasteiger partial charge in [0.15, 0.2) is 0 Å². The first kappa shape index (κ1) is 15.1. The lowest BCUT2D eigenvalue weighted by Gasteiger charge is -2.17. The van der Waals surface area contributed by atoms with Crippen LogP contribution >= 0.6 is 0 Å². The van der Waals surface area contributed by atoms with Gasteiger partial charge in [-0.3, -0.25) is 4.98 Å². The van der Waals surface area contributed by atoms with Gasteiger partial charge >= 0.3 is 0 Å². The van der Waals surface area contributed by atoms with E-state index < -0.39 is 0 Å². The summed E-state index contributed by atoms with van der Waals surface area (Å²) in [4.78, 5) is 7.02. The maximum absolute atomic E-state index is 4.67. The van der Waals surface area contributed by atoms with Gasteiger partial charge in [-0.05, 0) is 44.6 Å². The predicted octanol–water partition coefficient (Wildman–Crippen LogP) is 2.67. The maximum Gasteiger partial charge on any atom is 0.0547 e. The van der Waals surface area contributed by atoms with E-state index in [-0.39, 0.29) is 0 Å². The Bertz CT molecular complexity index is 336. The van der Waals surface area contributed by atoms with Crippen LogP contribution in [0.1, 0.15) is 38.6 Å². The van der Waals surface area contributed by atoms with Crippen LogP contribution in [0.5, 0.6) is 0 Å². The Hall–Kier alpha value is -0.930. The molecule has 1 aromatic rings. The average Bonchev–Trinajstić information content (AvgIpc) is 2.34. The highest BCUT2D eigenvalue weighted by Crippen LogP contribution is 2.05. The van der Waals surface area contributed by atoms with Gasteiger partial charge in [0.1, 0.15) is 0 Å². The Labute approximate surface area is 112 Å². The minimum atomic E-state index is 0.764. The van der Waals surface area contributed by atoms with Crippen LogP contribution in [0.3, 0.4) is 0 Å². The van der Waals surface area contributed by atoms with Crippen molar-refractivity contribution in [2.45, 2.75) is 40.3 Å². The molecule has 0 fully saturated rings. The van der Waals surface area contributed by atoms with Gasteiger partial charge in [0.2, 0.25) is 0 Å². The van der Waals surface area contributed by atoms with Crippen molar-refractivity contribution < 1.29 is 0 Å². The zero-order valence-corrected chi connectivity index (χ0v) is 12.2. The zero-order chi connectivity index (χ0) is 13.4. The molecular formula is C15H27N3. The van der Waals surface area contributed by atoms with Gasteiger partial charge in [0, 0.05) is 13.1 Å². The van der Waals surface area contributed by atoms with Crippen LogP contribution in [-0.4, -0.2) is 30.0 Å². The highest BCUT2D eigenvalue weighted by Gasteiger charge is 2.04. The fourth-order valence-corrected chi connectivity index (χ4v) is 1.80. The molecule has 1 aromatic heterocycles. The van der Waals surface area contributed by atoms with Crippen molar-refractivity contribution in [2.75, 3.05) is 20.1 Å². The SMILES string of the molecule is CCNCc1cccc(CN(C)CCC(C)C)n1. The lowest BCUT2D eigenvalue weighted by atomic mass is 10.1. The van der Waals surface area contributed by atoms with Crippen molar-refractivity contribution in [3.05, 3.63) is 29.6 Å². The molecule has 0 radical (unpaired) electrons. The van der Waals surface area contributed by atoms with Crippen molar-refractivity contribution in [3.8, 4) is 0 Å². The molecule has 0 atom stereocenters. The van der Waals surface area contributed by atoms with Gasteiger partial charge in [0.05, 0.1) is 11.4 Å². The van der Waals surface area contributed by atoms with Crippen molar-refractivity contribution in [2.24, 2.45) is 5.92 Å². The molecule has 0 saturated carbocycles. The highest BCUT2D eigenvalue weighted by molar-refractivity contribution is 5.11. The number of hydrogen-bond donors (Lipinski definition) is 1. The van der Waals surface area contributed by atoms with Gasteiger partial charge in [-0.2, -0.15) is 0 Å². The molecule has 1 N–H and O–H groups in total. The zero-order valence-electron chi connectivity index (χ0n) is 12.2. The molecule has 0 saturated heterocycles. The lowest BCUT2D eigenvalue weighted by Crippen LogP contribution is -2.21. The Morgan fingerprint density at radius 1 is 1.28 bits per heavy atom. The van der Waals surface area contributed by atoms with E-state index in [0.29, 0.717) is 0 Å². The summed E-state index contributed by atoms with van der Waals surface area (Å²) in [5, 5.41) is 3.31. The third-order valence-electron chi connectivity index (χ3n) is 2.94. The number of pyridine rings is 1. The molecule has 0 aliphatic rings. The molecular weight excluding hydrogens is 222 g/mol. The molecule has 0 spiro atoms. The van der Waals surface area contributed by atoms with Crippen molar-refractivity contribution in [1.29, 1.82) is 0 Å². The molecule has 3 heteroatoms. The number of nitrogens with one attached hydrogen (secondary N) is 1. The second-order valence-corrected chi connectivity index (χ2v) is 5.32. The first-order chi connectivity index (χ1) is 8.61. The third-order valence-corrected chi connectivity index (χ3v) is 2.94. The van der Waals surface area contributed by atoms with E-state index in [2.05, 4.69) is 61.2 Å². The minimum absolute atomic E-state index is 0.764. The summed E-state index contributed by atoms with van der Waals surface area (Å²) in [6, 6.07) is 6.30. The van der Waals surface area contributed by atoms with Crippen LogP contribution in [0.2, 0.25) is 0 Å². The number of rotatable bonds is 8. The molecule has 0 aliphatic heterocycles. The average molecular weight is 249 g/mol. The van der Waals surface area contributed by atoms with Gasteiger partial charge in [0.25, 0.3) is 0 Å². The number of nitrogens with zero attached hydrogens (tertiary/aromatic N) is 2. The number of aromatic nitrogens is 1. The number of hydrogen-bond acceptors (Lipinski definition) is 3. The molecule has 0 bridgehead atoms. The van der Waals surface area contributed by atoms with Crippen molar-refractivity contribution in [3.63, 3.8) is 0 Å². The fourth-order valence-electron chi connectivity index (χ4n) is 1.80. The molecule has 1 rings (SSSR count). The highest BCUT2D eigenvalue weighted by atomic mass is 15.1. The van der Waals surface area contributed by atoms with E-state index in [9.17, 15) is 0 Å². The summed E-state index contributed by atoms with van der Waals surface area (Å²) >= 11 is 0. The largest absolute Gasteiger partial charge is 0.311 e. The van der Waals surface area contributed by atoms with E-state index >= 15 is 0 Å². The van der Waals surface area contributed by atoms with Crippen LogP contribution in [-0.2, 0) is 13.1 Å². The van der Waals surface area contributed by atoms with Crippen molar-refractivity contribution in [1.82, 2.24) is 15.2 Å². The standard InChI is InChI=1S/C15H27N3/c1-5-16-11-14-7-6-8-15(17-14)12-18(4)10-9-13(2)3/h6-8,13,16H,5,9-12H2,1-4H3. The summed E-state index contributed by atoms with van der Waals surface area (Å²) in [5.41, 5.74) is 2.29. The van der Waals surface area contributed by atoms with E-state index in [4.69, 9.17) is 0 Å². The maximum atomic E-state index is 4.67. The molecule has 3 nitrogen and oxygen atoms in total. The van der Waals surface area contributed by atoms with Crippen LogP contribution < -0.4 is 5.32 Å². The van der Waals surface area contributed by atoms with Crippen molar-refractivity contribution >= 4 is 0 Å². The van der Waals surface area contributed by atoms with Gasteiger partial charge < -0.3 is 10.2 Å². The molecule has 1 heterocycles. The second kappa shape index (κ2) is 8.22. The van der Waals surface area contributed by atoms with E-state index in [0.717, 1.165) is 43.5 Å². The Morgan fingerprint density at radius 2 is 2.00 bits per heavy atom. The predicted molar refractivity (Wildman–Crippen MR) is 77.4 cm³/mol. The molecule has 0 aromatic carbocycles.